The molecule has 0 bridgehead atoms. The number of benzene rings is 1. The normalized spacial score (nSPS) is 17.1. The zero-order chi connectivity index (χ0) is 9.97. The molecule has 0 saturated carbocycles. The Morgan fingerprint density at radius 2 is 2.00 bits per heavy atom. The third-order valence-corrected chi connectivity index (χ3v) is 3.57. The van der Waals surface area contributed by atoms with E-state index in [0.717, 1.165) is 26.3 Å². The smallest absolute Gasteiger partial charge is 0.0642 e. The van der Waals surface area contributed by atoms with Crippen LogP contribution in [-0.2, 0) is 4.74 Å². The molecular formula is C10H11BrINO. The third-order valence-electron chi connectivity index (χ3n) is 2.26. The molecule has 1 aliphatic rings. The van der Waals surface area contributed by atoms with Crippen LogP contribution < -0.4 is 4.90 Å². The molecule has 1 heterocycles. The maximum absolute atomic E-state index is 5.33. The molecule has 0 aromatic heterocycles. The van der Waals surface area contributed by atoms with Gasteiger partial charge in [-0.05, 0) is 56.7 Å². The molecular weight excluding hydrogens is 357 g/mol. The summed E-state index contributed by atoms with van der Waals surface area (Å²) in [5.74, 6) is 0. The van der Waals surface area contributed by atoms with Gasteiger partial charge in [0.05, 0.1) is 18.9 Å². The lowest BCUT2D eigenvalue weighted by Gasteiger charge is -2.29. The van der Waals surface area contributed by atoms with Crippen molar-refractivity contribution in [2.45, 2.75) is 0 Å². The van der Waals surface area contributed by atoms with Crippen LogP contribution in [0.1, 0.15) is 0 Å². The van der Waals surface area contributed by atoms with E-state index in [9.17, 15) is 0 Å². The van der Waals surface area contributed by atoms with Crippen LogP contribution in [0, 0.1) is 3.57 Å². The van der Waals surface area contributed by atoms with Crippen molar-refractivity contribution >= 4 is 44.2 Å². The second-order valence-electron chi connectivity index (χ2n) is 3.20. The zero-order valence-electron chi connectivity index (χ0n) is 7.67. The quantitative estimate of drug-likeness (QED) is 0.707. The molecule has 1 aromatic rings. The van der Waals surface area contributed by atoms with E-state index in [4.69, 9.17) is 4.74 Å². The first-order valence-corrected chi connectivity index (χ1v) is 6.42. The van der Waals surface area contributed by atoms with Gasteiger partial charge >= 0.3 is 0 Å². The highest BCUT2D eigenvalue weighted by Gasteiger charge is 2.13. The molecule has 0 amide bonds. The van der Waals surface area contributed by atoms with Crippen molar-refractivity contribution in [3.05, 3.63) is 26.2 Å². The van der Waals surface area contributed by atoms with Crippen molar-refractivity contribution in [1.29, 1.82) is 0 Å². The molecule has 14 heavy (non-hydrogen) atoms. The number of ether oxygens (including phenoxy) is 1. The Morgan fingerprint density at radius 3 is 2.64 bits per heavy atom. The van der Waals surface area contributed by atoms with Gasteiger partial charge in [-0.15, -0.1) is 0 Å². The lowest BCUT2D eigenvalue weighted by atomic mass is 10.3. The molecule has 1 aromatic carbocycles. The molecule has 76 valence electrons. The van der Waals surface area contributed by atoms with Gasteiger partial charge in [-0.2, -0.15) is 0 Å². The number of nitrogens with zero attached hydrogens (tertiary/aromatic N) is 1. The van der Waals surface area contributed by atoms with Crippen LogP contribution >= 0.6 is 38.5 Å². The minimum atomic E-state index is 0.832. The summed E-state index contributed by atoms with van der Waals surface area (Å²) >= 11 is 5.92. The van der Waals surface area contributed by atoms with E-state index in [0.29, 0.717) is 0 Å². The molecule has 1 aliphatic heterocycles. The van der Waals surface area contributed by atoms with E-state index in [1.165, 1.54) is 13.7 Å². The fourth-order valence-corrected chi connectivity index (χ4v) is 3.09. The van der Waals surface area contributed by atoms with Gasteiger partial charge in [0.2, 0.25) is 0 Å². The highest BCUT2D eigenvalue weighted by Crippen LogP contribution is 2.28. The monoisotopic (exact) mass is 367 g/mol. The van der Waals surface area contributed by atoms with Gasteiger partial charge in [-0.3, -0.25) is 0 Å². The first-order valence-electron chi connectivity index (χ1n) is 4.55. The Labute approximate surface area is 106 Å². The number of hydrogen-bond donors (Lipinski definition) is 0. The van der Waals surface area contributed by atoms with Crippen molar-refractivity contribution in [2.75, 3.05) is 31.2 Å². The van der Waals surface area contributed by atoms with Gasteiger partial charge in [0.1, 0.15) is 0 Å². The maximum Gasteiger partial charge on any atom is 0.0642 e. The second kappa shape index (κ2) is 4.81. The molecule has 1 saturated heterocycles. The van der Waals surface area contributed by atoms with Crippen LogP contribution in [0.4, 0.5) is 5.69 Å². The predicted octanol–water partition coefficient (Wildman–Crippen LogP) is 2.89. The Bertz CT molecular complexity index is 326. The summed E-state index contributed by atoms with van der Waals surface area (Å²) in [6, 6.07) is 6.44. The topological polar surface area (TPSA) is 12.5 Å². The summed E-state index contributed by atoms with van der Waals surface area (Å²) in [5.41, 5.74) is 1.27. The lowest BCUT2D eigenvalue weighted by Crippen LogP contribution is -2.36. The van der Waals surface area contributed by atoms with Gasteiger partial charge in [-0.25, -0.2) is 0 Å². The highest BCUT2D eigenvalue weighted by molar-refractivity contribution is 14.1. The first kappa shape index (κ1) is 10.7. The maximum atomic E-state index is 5.33. The summed E-state index contributed by atoms with van der Waals surface area (Å²) in [6.07, 6.45) is 0. The van der Waals surface area contributed by atoms with Gasteiger partial charge in [-0.1, -0.05) is 0 Å². The van der Waals surface area contributed by atoms with E-state index in [2.05, 4.69) is 61.6 Å². The average Bonchev–Trinajstić information content (AvgIpc) is 2.19. The molecule has 0 unspecified atom stereocenters. The van der Waals surface area contributed by atoms with Crippen LogP contribution in [0.3, 0.4) is 0 Å². The first-order chi connectivity index (χ1) is 6.77. The fraction of sp³-hybridized carbons (Fsp3) is 0.400. The molecule has 0 N–H and O–H groups in total. The summed E-state index contributed by atoms with van der Waals surface area (Å²) in [4.78, 5) is 2.35. The summed E-state index contributed by atoms with van der Waals surface area (Å²) in [5, 5.41) is 0. The molecule has 0 radical (unpaired) electrons. The summed E-state index contributed by atoms with van der Waals surface area (Å²) in [7, 11) is 0. The molecule has 0 atom stereocenters. The van der Waals surface area contributed by atoms with Crippen molar-refractivity contribution in [2.24, 2.45) is 0 Å². The molecule has 0 aliphatic carbocycles. The van der Waals surface area contributed by atoms with E-state index in [1.807, 2.05) is 0 Å². The Hall–Kier alpha value is 0.190. The van der Waals surface area contributed by atoms with Crippen LogP contribution in [0.15, 0.2) is 22.7 Å². The third kappa shape index (κ3) is 2.41. The van der Waals surface area contributed by atoms with Gasteiger partial charge in [0, 0.05) is 21.1 Å². The van der Waals surface area contributed by atoms with Crippen molar-refractivity contribution in [3.63, 3.8) is 0 Å². The Kier molecular flexibility index (Phi) is 3.67. The van der Waals surface area contributed by atoms with E-state index < -0.39 is 0 Å². The second-order valence-corrected chi connectivity index (χ2v) is 5.30. The minimum Gasteiger partial charge on any atom is -0.378 e. The molecule has 0 spiro atoms. The molecule has 1 fully saturated rings. The number of halogens is 2. The predicted molar refractivity (Wildman–Crippen MR) is 69.9 cm³/mol. The van der Waals surface area contributed by atoms with Crippen LogP contribution in [0.5, 0.6) is 0 Å². The van der Waals surface area contributed by atoms with Crippen LogP contribution in [-0.4, -0.2) is 26.3 Å². The zero-order valence-corrected chi connectivity index (χ0v) is 11.4. The highest BCUT2D eigenvalue weighted by atomic mass is 127. The van der Waals surface area contributed by atoms with Crippen molar-refractivity contribution in [3.8, 4) is 0 Å². The summed E-state index contributed by atoms with van der Waals surface area (Å²) in [6.45, 7) is 3.63. The molecule has 2 rings (SSSR count). The minimum absolute atomic E-state index is 0.832. The molecule has 4 heteroatoms. The number of rotatable bonds is 1. The van der Waals surface area contributed by atoms with E-state index >= 15 is 0 Å². The summed E-state index contributed by atoms with van der Waals surface area (Å²) < 4.78 is 7.75. The number of anilines is 1. The standard InChI is InChI=1S/C10H11BrINO/c11-9-7-8(12)1-2-10(9)13-3-5-14-6-4-13/h1-2,7H,3-6H2. The van der Waals surface area contributed by atoms with Gasteiger partial charge in [0.15, 0.2) is 0 Å². The average molecular weight is 368 g/mol. The lowest BCUT2D eigenvalue weighted by molar-refractivity contribution is 0.122. The number of morpholine rings is 1. The van der Waals surface area contributed by atoms with Gasteiger partial charge < -0.3 is 9.64 Å². The van der Waals surface area contributed by atoms with E-state index in [-0.39, 0.29) is 0 Å². The van der Waals surface area contributed by atoms with E-state index in [1.54, 1.807) is 0 Å². The van der Waals surface area contributed by atoms with Crippen LogP contribution in [0.25, 0.3) is 0 Å². The van der Waals surface area contributed by atoms with Crippen molar-refractivity contribution < 1.29 is 4.74 Å². The van der Waals surface area contributed by atoms with Gasteiger partial charge in [0.25, 0.3) is 0 Å². The SMILES string of the molecule is Brc1cc(I)ccc1N1CCOCC1. The van der Waals surface area contributed by atoms with Crippen molar-refractivity contribution in [1.82, 2.24) is 0 Å². The fourth-order valence-electron chi connectivity index (χ4n) is 1.54. The van der Waals surface area contributed by atoms with Crippen LogP contribution in [0.2, 0.25) is 0 Å². The molecule has 2 nitrogen and oxygen atoms in total. The Balaban J connectivity index is 2.22. The number of hydrogen-bond acceptors (Lipinski definition) is 2. The largest absolute Gasteiger partial charge is 0.378 e. The Morgan fingerprint density at radius 1 is 1.29 bits per heavy atom.